The average Bonchev–Trinajstić information content (AvgIpc) is 2.39. The van der Waals surface area contributed by atoms with Crippen molar-refractivity contribution in [1.29, 1.82) is 0 Å². The van der Waals surface area contributed by atoms with Gasteiger partial charge >= 0.3 is 0 Å². The number of hydrogen-bond acceptors (Lipinski definition) is 3. The molecule has 0 aliphatic heterocycles. The van der Waals surface area contributed by atoms with Gasteiger partial charge in [0, 0.05) is 6.20 Å². The van der Waals surface area contributed by atoms with Crippen LogP contribution in [-0.4, -0.2) is 26.2 Å². The maximum Gasteiger partial charge on any atom is 0.0759 e. The predicted octanol–water partition coefficient (Wildman–Crippen LogP) is 0.295. The van der Waals surface area contributed by atoms with E-state index in [-0.39, 0.29) is 12.0 Å². The lowest BCUT2D eigenvalue weighted by Crippen LogP contribution is -2.22. The zero-order valence-corrected chi connectivity index (χ0v) is 6.81. The largest absolute Gasteiger partial charge is 0.391 e. The van der Waals surface area contributed by atoms with Crippen molar-refractivity contribution in [3.8, 4) is 0 Å². The maximum atomic E-state index is 9.41. The summed E-state index contributed by atoms with van der Waals surface area (Å²) in [7, 11) is 0. The lowest BCUT2D eigenvalue weighted by Gasteiger charge is -2.12. The molecule has 0 spiro atoms. The second kappa shape index (κ2) is 3.48. The van der Waals surface area contributed by atoms with Gasteiger partial charge in [-0.25, -0.2) is 4.68 Å². The molecule has 1 unspecified atom stereocenters. The second-order valence-corrected chi connectivity index (χ2v) is 2.94. The number of nitrogens with zero attached hydrogens (tertiary/aromatic N) is 3. The van der Waals surface area contributed by atoms with Crippen LogP contribution < -0.4 is 0 Å². The van der Waals surface area contributed by atoms with Crippen molar-refractivity contribution in [2.24, 2.45) is 5.92 Å². The minimum atomic E-state index is -0.336. The lowest BCUT2D eigenvalue weighted by atomic mass is 10.1. The molecule has 4 heteroatoms. The Hall–Kier alpha value is -0.900. The van der Waals surface area contributed by atoms with Crippen LogP contribution in [-0.2, 0) is 6.54 Å². The summed E-state index contributed by atoms with van der Waals surface area (Å²) in [5, 5.41) is 16.8. The highest BCUT2D eigenvalue weighted by atomic mass is 16.3. The molecule has 11 heavy (non-hydrogen) atoms. The zero-order chi connectivity index (χ0) is 8.27. The Morgan fingerprint density at radius 1 is 1.55 bits per heavy atom. The first kappa shape index (κ1) is 8.20. The summed E-state index contributed by atoms with van der Waals surface area (Å²) in [5.74, 6) is 0.263. The molecule has 0 saturated heterocycles. The zero-order valence-electron chi connectivity index (χ0n) is 6.81. The molecule has 1 aromatic rings. The van der Waals surface area contributed by atoms with Crippen LogP contribution in [0.25, 0.3) is 0 Å². The van der Waals surface area contributed by atoms with Gasteiger partial charge in [-0.3, -0.25) is 0 Å². The Bertz CT molecular complexity index is 195. The van der Waals surface area contributed by atoms with Crippen LogP contribution in [0.2, 0.25) is 0 Å². The molecule has 0 fully saturated rings. The van der Waals surface area contributed by atoms with E-state index in [1.807, 2.05) is 13.8 Å². The quantitative estimate of drug-likeness (QED) is 0.682. The topological polar surface area (TPSA) is 50.9 Å². The molecule has 1 atom stereocenters. The molecule has 0 aliphatic rings. The van der Waals surface area contributed by atoms with Crippen molar-refractivity contribution >= 4 is 0 Å². The molecule has 1 heterocycles. The molecule has 4 nitrogen and oxygen atoms in total. The maximum absolute atomic E-state index is 9.41. The molecule has 0 aromatic carbocycles. The summed E-state index contributed by atoms with van der Waals surface area (Å²) >= 11 is 0. The van der Waals surface area contributed by atoms with Gasteiger partial charge in [-0.15, -0.1) is 5.10 Å². The van der Waals surface area contributed by atoms with E-state index < -0.39 is 0 Å². The Morgan fingerprint density at radius 3 is 2.73 bits per heavy atom. The van der Waals surface area contributed by atoms with Gasteiger partial charge in [0.05, 0.1) is 18.8 Å². The van der Waals surface area contributed by atoms with Crippen molar-refractivity contribution in [2.75, 3.05) is 0 Å². The number of aliphatic hydroxyl groups is 1. The van der Waals surface area contributed by atoms with Gasteiger partial charge in [0.2, 0.25) is 0 Å². The Labute approximate surface area is 65.8 Å². The van der Waals surface area contributed by atoms with Gasteiger partial charge in [0.25, 0.3) is 0 Å². The van der Waals surface area contributed by atoms with Crippen LogP contribution in [0.4, 0.5) is 0 Å². The summed E-state index contributed by atoms with van der Waals surface area (Å²) < 4.78 is 1.63. The highest BCUT2D eigenvalue weighted by Crippen LogP contribution is 2.02. The Morgan fingerprint density at radius 2 is 2.27 bits per heavy atom. The molecular formula is C7H13N3O. The molecule has 0 aliphatic carbocycles. The number of rotatable bonds is 3. The van der Waals surface area contributed by atoms with E-state index in [4.69, 9.17) is 0 Å². The van der Waals surface area contributed by atoms with Gasteiger partial charge in [-0.05, 0) is 5.92 Å². The van der Waals surface area contributed by atoms with Crippen molar-refractivity contribution in [3.05, 3.63) is 12.4 Å². The van der Waals surface area contributed by atoms with Gasteiger partial charge in [0.1, 0.15) is 0 Å². The third-order valence-corrected chi connectivity index (χ3v) is 1.62. The third-order valence-electron chi connectivity index (χ3n) is 1.62. The highest BCUT2D eigenvalue weighted by Gasteiger charge is 2.09. The monoisotopic (exact) mass is 155 g/mol. The number of aliphatic hydroxyl groups excluding tert-OH is 1. The van der Waals surface area contributed by atoms with Gasteiger partial charge in [-0.2, -0.15) is 0 Å². The van der Waals surface area contributed by atoms with E-state index in [1.165, 1.54) is 0 Å². The molecule has 0 radical (unpaired) electrons. The van der Waals surface area contributed by atoms with Crippen molar-refractivity contribution in [1.82, 2.24) is 15.0 Å². The predicted molar refractivity (Wildman–Crippen MR) is 40.9 cm³/mol. The van der Waals surface area contributed by atoms with Crippen LogP contribution in [0, 0.1) is 5.92 Å². The van der Waals surface area contributed by atoms with Crippen molar-refractivity contribution in [3.63, 3.8) is 0 Å². The van der Waals surface area contributed by atoms with E-state index in [1.54, 1.807) is 17.1 Å². The first-order chi connectivity index (χ1) is 5.20. The third kappa shape index (κ3) is 2.31. The smallest absolute Gasteiger partial charge is 0.0759 e. The molecule has 1 rings (SSSR count). The summed E-state index contributed by atoms with van der Waals surface area (Å²) in [6.45, 7) is 4.47. The van der Waals surface area contributed by atoms with Gasteiger partial charge < -0.3 is 5.11 Å². The lowest BCUT2D eigenvalue weighted by molar-refractivity contribution is 0.102. The van der Waals surface area contributed by atoms with Crippen LogP contribution in [0.5, 0.6) is 0 Å². The van der Waals surface area contributed by atoms with Gasteiger partial charge in [-0.1, -0.05) is 19.1 Å². The molecule has 1 aromatic heterocycles. The van der Waals surface area contributed by atoms with Crippen molar-refractivity contribution in [2.45, 2.75) is 26.5 Å². The van der Waals surface area contributed by atoms with E-state index >= 15 is 0 Å². The minimum Gasteiger partial charge on any atom is -0.391 e. The van der Waals surface area contributed by atoms with Crippen molar-refractivity contribution < 1.29 is 5.11 Å². The van der Waals surface area contributed by atoms with Crippen LogP contribution in [0.1, 0.15) is 13.8 Å². The summed E-state index contributed by atoms with van der Waals surface area (Å²) in [5.41, 5.74) is 0. The first-order valence-electron chi connectivity index (χ1n) is 3.72. The van der Waals surface area contributed by atoms with E-state index in [9.17, 15) is 5.11 Å². The minimum absolute atomic E-state index is 0.263. The second-order valence-electron chi connectivity index (χ2n) is 2.94. The Balaban J connectivity index is 2.43. The molecule has 0 saturated carbocycles. The van der Waals surface area contributed by atoms with Gasteiger partial charge in [0.15, 0.2) is 0 Å². The summed E-state index contributed by atoms with van der Waals surface area (Å²) in [4.78, 5) is 0. The van der Waals surface area contributed by atoms with E-state index in [0.717, 1.165) is 0 Å². The molecule has 62 valence electrons. The Kier molecular flexibility index (Phi) is 2.59. The number of hydrogen-bond donors (Lipinski definition) is 1. The van der Waals surface area contributed by atoms with Crippen LogP contribution >= 0.6 is 0 Å². The number of aromatic nitrogens is 3. The van der Waals surface area contributed by atoms with Crippen LogP contribution in [0.15, 0.2) is 12.4 Å². The fraction of sp³-hybridized carbons (Fsp3) is 0.714. The standard InChI is InChI=1S/C7H13N3O/c1-6(2)7(11)5-10-4-3-8-9-10/h3-4,6-7,11H,5H2,1-2H3. The molecule has 1 N–H and O–H groups in total. The molecular weight excluding hydrogens is 142 g/mol. The first-order valence-corrected chi connectivity index (χ1v) is 3.72. The fourth-order valence-electron chi connectivity index (χ4n) is 0.733. The molecule has 0 bridgehead atoms. The summed E-state index contributed by atoms with van der Waals surface area (Å²) in [6.07, 6.45) is 3.01. The summed E-state index contributed by atoms with van der Waals surface area (Å²) in [6, 6.07) is 0. The molecule has 0 amide bonds. The van der Waals surface area contributed by atoms with Crippen LogP contribution in [0.3, 0.4) is 0 Å². The SMILES string of the molecule is CC(C)C(O)Cn1ccnn1. The van der Waals surface area contributed by atoms with E-state index in [0.29, 0.717) is 6.54 Å². The van der Waals surface area contributed by atoms with E-state index in [2.05, 4.69) is 10.3 Å². The normalized spacial score (nSPS) is 13.8. The average molecular weight is 155 g/mol. The fourth-order valence-corrected chi connectivity index (χ4v) is 0.733. The highest BCUT2D eigenvalue weighted by molar-refractivity contribution is 4.67.